The largest absolute Gasteiger partial charge is 0.393 e. The molecule has 4 saturated carbocycles. The molecule has 4 rings (SSSR count). The van der Waals surface area contributed by atoms with Crippen molar-refractivity contribution in [3.63, 3.8) is 0 Å². The molecule has 0 aromatic carbocycles. The van der Waals surface area contributed by atoms with Crippen molar-refractivity contribution in [3.8, 4) is 0 Å². The number of fused-ring (bicyclic) bond motifs is 5. The van der Waals surface area contributed by atoms with Crippen molar-refractivity contribution in [1.82, 2.24) is 5.32 Å². The predicted octanol–water partition coefficient (Wildman–Crippen LogP) is 3.56. The normalized spacial score (nSPS) is 49.0. The van der Waals surface area contributed by atoms with Crippen molar-refractivity contribution in [3.05, 3.63) is 0 Å². The number of aliphatic hydroxyl groups is 2. The summed E-state index contributed by atoms with van der Waals surface area (Å²) in [7, 11) is 1.68. The lowest BCUT2D eigenvalue weighted by atomic mass is 9.43. The molecule has 0 radical (unpaired) electrons. The van der Waals surface area contributed by atoms with Gasteiger partial charge in [0.1, 0.15) is 5.78 Å². The van der Waals surface area contributed by atoms with E-state index >= 15 is 0 Å². The van der Waals surface area contributed by atoms with Gasteiger partial charge in [-0.05, 0) is 80.0 Å². The Morgan fingerprint density at radius 3 is 2.63 bits per heavy atom. The molecular formula is C25H43NO4. The van der Waals surface area contributed by atoms with Gasteiger partial charge in [-0.1, -0.05) is 20.8 Å². The Hall–Kier alpha value is -0.940. The molecule has 0 bridgehead atoms. The Labute approximate surface area is 182 Å². The number of nitrogens with one attached hydrogen (secondary N) is 1. The van der Waals surface area contributed by atoms with E-state index in [4.69, 9.17) is 0 Å². The fourth-order valence-corrected chi connectivity index (χ4v) is 8.53. The number of aliphatic hydroxyl groups excluding tert-OH is 2. The summed E-state index contributed by atoms with van der Waals surface area (Å²) in [6, 6.07) is 0. The Kier molecular flexibility index (Phi) is 5.85. The lowest BCUT2D eigenvalue weighted by Crippen LogP contribution is -2.61. The summed E-state index contributed by atoms with van der Waals surface area (Å²) in [5.74, 6) is 1.98. The molecule has 0 saturated heterocycles. The molecule has 0 aliphatic heterocycles. The summed E-state index contributed by atoms with van der Waals surface area (Å²) in [5.41, 5.74) is -0.181. The number of amides is 1. The highest BCUT2D eigenvalue weighted by Crippen LogP contribution is 2.67. The minimum Gasteiger partial charge on any atom is -0.393 e. The van der Waals surface area contributed by atoms with Crippen LogP contribution in [0.15, 0.2) is 0 Å². The molecule has 0 heterocycles. The number of hydrogen-bond donors (Lipinski definition) is 3. The summed E-state index contributed by atoms with van der Waals surface area (Å²) in [5, 5.41) is 24.4. The van der Waals surface area contributed by atoms with Crippen LogP contribution in [0.3, 0.4) is 0 Å². The third kappa shape index (κ3) is 3.26. The van der Waals surface area contributed by atoms with Gasteiger partial charge in [-0.15, -0.1) is 0 Å². The highest BCUT2D eigenvalue weighted by atomic mass is 16.3. The molecule has 0 spiro atoms. The molecule has 0 aromatic rings. The lowest BCUT2D eigenvalue weighted by Gasteiger charge is -2.61. The van der Waals surface area contributed by atoms with E-state index in [-0.39, 0.29) is 47.9 Å². The van der Waals surface area contributed by atoms with Gasteiger partial charge in [0.05, 0.1) is 12.2 Å². The maximum atomic E-state index is 13.4. The van der Waals surface area contributed by atoms with Crippen LogP contribution >= 0.6 is 0 Å². The van der Waals surface area contributed by atoms with E-state index in [1.54, 1.807) is 7.05 Å². The van der Waals surface area contributed by atoms with E-state index < -0.39 is 6.10 Å². The van der Waals surface area contributed by atoms with Crippen molar-refractivity contribution in [2.24, 2.45) is 46.3 Å². The smallest absolute Gasteiger partial charge is 0.219 e. The van der Waals surface area contributed by atoms with Crippen LogP contribution in [0.5, 0.6) is 0 Å². The highest BCUT2D eigenvalue weighted by Gasteiger charge is 2.65. The van der Waals surface area contributed by atoms with Gasteiger partial charge < -0.3 is 15.5 Å². The number of hydrogen-bond acceptors (Lipinski definition) is 4. The zero-order valence-corrected chi connectivity index (χ0v) is 19.2. The molecule has 0 unspecified atom stereocenters. The van der Waals surface area contributed by atoms with Gasteiger partial charge in [0, 0.05) is 32.6 Å². The zero-order chi connectivity index (χ0) is 21.8. The first-order valence-corrected chi connectivity index (χ1v) is 12.2. The van der Waals surface area contributed by atoms with Crippen LogP contribution in [0.1, 0.15) is 80.0 Å². The molecule has 10 atom stereocenters. The Morgan fingerprint density at radius 1 is 1.20 bits per heavy atom. The van der Waals surface area contributed by atoms with E-state index in [2.05, 4.69) is 26.1 Å². The Bertz CT molecular complexity index is 701. The van der Waals surface area contributed by atoms with Crippen molar-refractivity contribution in [2.45, 2.75) is 90.8 Å². The number of carbonyl (C=O) groups excluding carboxylic acids is 2. The molecule has 5 nitrogen and oxygen atoms in total. The van der Waals surface area contributed by atoms with Crippen LogP contribution in [-0.4, -0.2) is 41.2 Å². The van der Waals surface area contributed by atoms with Gasteiger partial charge in [-0.3, -0.25) is 9.59 Å². The summed E-state index contributed by atoms with van der Waals surface area (Å²) in [6.45, 7) is 6.79. The predicted molar refractivity (Wildman–Crippen MR) is 118 cm³/mol. The average Bonchev–Trinajstić information content (AvgIpc) is 3.06. The third-order valence-corrected chi connectivity index (χ3v) is 10.4. The van der Waals surface area contributed by atoms with E-state index in [1.807, 2.05) is 0 Å². The molecule has 4 aliphatic carbocycles. The van der Waals surface area contributed by atoms with Gasteiger partial charge in [-0.2, -0.15) is 0 Å². The molecule has 4 fully saturated rings. The highest BCUT2D eigenvalue weighted by molar-refractivity contribution is 5.83. The fraction of sp³-hybridized carbons (Fsp3) is 0.920. The van der Waals surface area contributed by atoms with Gasteiger partial charge in [0.15, 0.2) is 0 Å². The monoisotopic (exact) mass is 422 g/mol. The Balaban J connectivity index is 0.00000272. The standard InChI is InChI=1S/C25H41NO4.H2/c1-14(5-8-22(30)26-4)17-6-7-18-23-19(13-21(29)25(17,18)3)24(2)10-9-16(27)11-15(24)12-20(23)28;/h14-19,21,23,27,29H,5-13H2,1-4H3,(H,26,30);1H/t14-,15+,16-,17-,18+,19+,21+,23+,24+,25-;/m1./s1/i;1+1. The zero-order valence-electron chi connectivity index (χ0n) is 19.2. The topological polar surface area (TPSA) is 86.6 Å². The summed E-state index contributed by atoms with van der Waals surface area (Å²) < 4.78 is 0. The maximum Gasteiger partial charge on any atom is 0.219 e. The summed E-state index contributed by atoms with van der Waals surface area (Å²) >= 11 is 0. The van der Waals surface area contributed by atoms with Crippen molar-refractivity contribution in [1.29, 1.82) is 0 Å². The van der Waals surface area contributed by atoms with Crippen molar-refractivity contribution >= 4 is 11.7 Å². The van der Waals surface area contributed by atoms with Crippen LogP contribution in [-0.2, 0) is 9.59 Å². The van der Waals surface area contributed by atoms with Gasteiger partial charge in [0.25, 0.3) is 0 Å². The van der Waals surface area contributed by atoms with E-state index in [0.29, 0.717) is 36.9 Å². The number of carbonyl (C=O) groups is 2. The van der Waals surface area contributed by atoms with Crippen LogP contribution < -0.4 is 5.32 Å². The second-order valence-electron chi connectivity index (χ2n) is 11.5. The van der Waals surface area contributed by atoms with E-state index in [1.165, 1.54) is 0 Å². The molecular weight excluding hydrogens is 378 g/mol. The fourth-order valence-electron chi connectivity index (χ4n) is 8.53. The summed E-state index contributed by atoms with van der Waals surface area (Å²) in [6.07, 6.45) is 6.59. The SMILES string of the molecule is CNC(=O)CC[C@@H](C)[C@H]1CC[C@H]2[C@@H]3C(=O)C[C@@H]4C[C@H](O)CC[C@]4(C)[C@H]3C[C@H](O)[C@]12C.[2HH]. The molecule has 3 N–H and O–H groups in total. The number of ketones is 1. The molecule has 0 aromatic heterocycles. The van der Waals surface area contributed by atoms with Crippen LogP contribution in [0, 0.1) is 46.3 Å². The summed E-state index contributed by atoms with van der Waals surface area (Å²) in [4.78, 5) is 25.2. The molecule has 30 heavy (non-hydrogen) atoms. The average molecular weight is 423 g/mol. The minimum absolute atomic E-state index is 0. The molecule has 4 aliphatic rings. The first-order chi connectivity index (χ1) is 14.1. The molecule has 5 heteroatoms. The van der Waals surface area contributed by atoms with Gasteiger partial charge in [0.2, 0.25) is 5.91 Å². The van der Waals surface area contributed by atoms with Gasteiger partial charge in [-0.25, -0.2) is 0 Å². The van der Waals surface area contributed by atoms with Crippen molar-refractivity contribution < 1.29 is 21.2 Å². The van der Waals surface area contributed by atoms with Crippen LogP contribution in [0.2, 0.25) is 0 Å². The van der Waals surface area contributed by atoms with Gasteiger partial charge >= 0.3 is 0 Å². The molecule has 1 amide bonds. The maximum absolute atomic E-state index is 13.4. The number of Topliss-reactive ketones (excluding diaryl/α,β-unsaturated/α-hetero) is 1. The lowest BCUT2D eigenvalue weighted by molar-refractivity contribution is -0.182. The second kappa shape index (κ2) is 7.88. The third-order valence-electron chi connectivity index (χ3n) is 10.4. The minimum atomic E-state index is -0.395. The van der Waals surface area contributed by atoms with Crippen molar-refractivity contribution in [2.75, 3.05) is 7.05 Å². The van der Waals surface area contributed by atoms with Crippen LogP contribution in [0.4, 0.5) is 0 Å². The second-order valence-corrected chi connectivity index (χ2v) is 11.5. The molecule has 172 valence electrons. The van der Waals surface area contributed by atoms with E-state index in [9.17, 15) is 19.8 Å². The first kappa shape index (κ1) is 22.3. The Morgan fingerprint density at radius 2 is 1.93 bits per heavy atom. The van der Waals surface area contributed by atoms with E-state index in [0.717, 1.165) is 38.5 Å². The first-order valence-electron chi connectivity index (χ1n) is 12.2. The van der Waals surface area contributed by atoms with Crippen LogP contribution in [0.25, 0.3) is 0 Å². The number of rotatable bonds is 4. The quantitative estimate of drug-likeness (QED) is 0.646.